The van der Waals surface area contributed by atoms with E-state index in [1.165, 1.54) is 0 Å². The molecule has 1 aromatic carbocycles. The minimum atomic E-state index is 0.699. The number of rotatable bonds is 4. The summed E-state index contributed by atoms with van der Waals surface area (Å²) in [6, 6.07) is 13.8. The van der Waals surface area contributed by atoms with Gasteiger partial charge in [0.1, 0.15) is 23.3 Å². The van der Waals surface area contributed by atoms with Gasteiger partial charge in [0, 0.05) is 49.2 Å². The molecule has 1 saturated heterocycles. The first-order chi connectivity index (χ1) is 13.6. The fourth-order valence-corrected chi connectivity index (χ4v) is 3.52. The van der Waals surface area contributed by atoms with Crippen LogP contribution in [0.4, 0.5) is 23.1 Å². The average molecular weight is 395 g/mol. The SMILES string of the molecule is Cc1nc(Nc2cc(Cl)ccc2C)cc(N2CCN(c3ccccn3)CC2)n1. The Labute approximate surface area is 170 Å². The molecule has 1 aliphatic heterocycles. The maximum atomic E-state index is 6.14. The van der Waals surface area contributed by atoms with Crippen LogP contribution in [0, 0.1) is 13.8 Å². The third-order valence-electron chi connectivity index (χ3n) is 4.86. The molecular formula is C21H23ClN6. The fourth-order valence-electron chi connectivity index (χ4n) is 3.35. The summed E-state index contributed by atoms with van der Waals surface area (Å²) >= 11 is 6.14. The summed E-state index contributed by atoms with van der Waals surface area (Å²) in [6.45, 7) is 7.58. The lowest BCUT2D eigenvalue weighted by atomic mass is 10.2. The van der Waals surface area contributed by atoms with E-state index in [-0.39, 0.29) is 0 Å². The first kappa shape index (κ1) is 18.5. The number of benzene rings is 1. The van der Waals surface area contributed by atoms with Gasteiger partial charge in [-0.3, -0.25) is 0 Å². The van der Waals surface area contributed by atoms with Gasteiger partial charge < -0.3 is 15.1 Å². The van der Waals surface area contributed by atoms with Crippen LogP contribution in [0.5, 0.6) is 0 Å². The molecule has 0 radical (unpaired) electrons. The summed E-state index contributed by atoms with van der Waals surface area (Å²) < 4.78 is 0. The average Bonchev–Trinajstić information content (AvgIpc) is 2.71. The van der Waals surface area contributed by atoms with Crippen molar-refractivity contribution in [1.82, 2.24) is 15.0 Å². The second-order valence-corrected chi connectivity index (χ2v) is 7.34. The van der Waals surface area contributed by atoms with E-state index in [1.54, 1.807) is 0 Å². The number of piperazine rings is 1. The van der Waals surface area contributed by atoms with Gasteiger partial charge in [0.25, 0.3) is 0 Å². The molecule has 7 heteroatoms. The van der Waals surface area contributed by atoms with E-state index >= 15 is 0 Å². The van der Waals surface area contributed by atoms with Crippen molar-refractivity contribution in [2.24, 2.45) is 0 Å². The molecule has 1 aliphatic rings. The molecule has 0 spiro atoms. The van der Waals surface area contributed by atoms with E-state index < -0.39 is 0 Å². The molecule has 28 heavy (non-hydrogen) atoms. The summed E-state index contributed by atoms with van der Waals surface area (Å²) in [5.74, 6) is 3.49. The molecule has 0 atom stereocenters. The normalized spacial score (nSPS) is 14.2. The van der Waals surface area contributed by atoms with E-state index in [4.69, 9.17) is 11.6 Å². The molecule has 6 nitrogen and oxygen atoms in total. The number of hydrogen-bond donors (Lipinski definition) is 1. The van der Waals surface area contributed by atoms with Gasteiger partial charge >= 0.3 is 0 Å². The Morgan fingerprint density at radius 2 is 1.64 bits per heavy atom. The van der Waals surface area contributed by atoms with Crippen LogP contribution in [0.3, 0.4) is 0 Å². The Kier molecular flexibility index (Phi) is 5.30. The Bertz CT molecular complexity index is 954. The van der Waals surface area contributed by atoms with Crippen molar-refractivity contribution in [3.8, 4) is 0 Å². The van der Waals surface area contributed by atoms with Crippen molar-refractivity contribution in [3.63, 3.8) is 0 Å². The van der Waals surface area contributed by atoms with Gasteiger partial charge in [0.05, 0.1) is 0 Å². The summed E-state index contributed by atoms with van der Waals surface area (Å²) in [6.07, 6.45) is 1.84. The number of aromatic nitrogens is 3. The second kappa shape index (κ2) is 8.02. The number of anilines is 4. The maximum absolute atomic E-state index is 6.14. The van der Waals surface area contributed by atoms with Crippen LogP contribution < -0.4 is 15.1 Å². The van der Waals surface area contributed by atoms with E-state index in [9.17, 15) is 0 Å². The number of hydrogen-bond acceptors (Lipinski definition) is 6. The van der Waals surface area contributed by atoms with Gasteiger partial charge in [0.2, 0.25) is 0 Å². The highest BCUT2D eigenvalue weighted by Gasteiger charge is 2.20. The number of halogens is 1. The fraction of sp³-hybridized carbons (Fsp3) is 0.286. The van der Waals surface area contributed by atoms with Crippen molar-refractivity contribution < 1.29 is 0 Å². The van der Waals surface area contributed by atoms with E-state index in [0.717, 1.165) is 60.7 Å². The van der Waals surface area contributed by atoms with Crippen molar-refractivity contribution in [2.45, 2.75) is 13.8 Å². The number of nitrogens with zero attached hydrogens (tertiary/aromatic N) is 5. The van der Waals surface area contributed by atoms with Gasteiger partial charge in [-0.05, 0) is 43.7 Å². The third-order valence-corrected chi connectivity index (χ3v) is 5.10. The van der Waals surface area contributed by atoms with E-state index in [2.05, 4.69) is 36.1 Å². The summed E-state index contributed by atoms with van der Waals surface area (Å²) in [5, 5.41) is 4.08. The summed E-state index contributed by atoms with van der Waals surface area (Å²) in [7, 11) is 0. The molecule has 0 saturated carbocycles. The Morgan fingerprint density at radius 1 is 0.893 bits per heavy atom. The predicted molar refractivity (Wildman–Crippen MR) is 115 cm³/mol. The smallest absolute Gasteiger partial charge is 0.136 e. The number of aryl methyl sites for hydroxylation is 2. The highest BCUT2D eigenvalue weighted by Crippen LogP contribution is 2.26. The minimum Gasteiger partial charge on any atom is -0.353 e. The molecule has 3 aromatic rings. The lowest BCUT2D eigenvalue weighted by molar-refractivity contribution is 0.640. The van der Waals surface area contributed by atoms with E-state index in [0.29, 0.717) is 5.02 Å². The zero-order valence-electron chi connectivity index (χ0n) is 16.1. The van der Waals surface area contributed by atoms with Gasteiger partial charge in [-0.2, -0.15) is 0 Å². The second-order valence-electron chi connectivity index (χ2n) is 6.90. The largest absolute Gasteiger partial charge is 0.353 e. The molecule has 0 unspecified atom stereocenters. The maximum Gasteiger partial charge on any atom is 0.136 e. The van der Waals surface area contributed by atoms with E-state index in [1.807, 2.05) is 56.4 Å². The van der Waals surface area contributed by atoms with Gasteiger partial charge in [0.15, 0.2) is 0 Å². The summed E-state index contributed by atoms with van der Waals surface area (Å²) in [4.78, 5) is 18.2. The molecule has 0 aliphatic carbocycles. The number of pyridine rings is 1. The van der Waals surface area contributed by atoms with Crippen LogP contribution in [0.2, 0.25) is 5.02 Å². The minimum absolute atomic E-state index is 0.699. The highest BCUT2D eigenvalue weighted by atomic mass is 35.5. The molecule has 1 N–H and O–H groups in total. The predicted octanol–water partition coefficient (Wildman–Crippen LogP) is 4.21. The first-order valence-corrected chi connectivity index (χ1v) is 9.76. The summed E-state index contributed by atoms with van der Waals surface area (Å²) in [5.41, 5.74) is 2.07. The van der Waals surface area contributed by atoms with Crippen LogP contribution in [-0.2, 0) is 0 Å². The third kappa shape index (κ3) is 4.17. The topological polar surface area (TPSA) is 57.2 Å². The molecular weight excluding hydrogens is 372 g/mol. The lowest BCUT2D eigenvalue weighted by Gasteiger charge is -2.36. The van der Waals surface area contributed by atoms with Crippen molar-refractivity contribution in [2.75, 3.05) is 41.3 Å². The monoisotopic (exact) mass is 394 g/mol. The standard InChI is InChI=1S/C21H23ClN6/c1-15-6-7-17(22)13-18(15)26-19-14-21(25-16(2)24-19)28-11-9-27(10-12-28)20-5-3-4-8-23-20/h3-8,13-14H,9-12H2,1-2H3,(H,24,25,26). The van der Waals surface area contributed by atoms with Crippen LogP contribution in [0.25, 0.3) is 0 Å². The zero-order chi connectivity index (χ0) is 19.5. The molecule has 0 amide bonds. The Balaban J connectivity index is 1.49. The van der Waals surface area contributed by atoms with Gasteiger partial charge in [-0.1, -0.05) is 23.7 Å². The molecule has 4 rings (SSSR count). The first-order valence-electron chi connectivity index (χ1n) is 9.38. The quantitative estimate of drug-likeness (QED) is 0.715. The van der Waals surface area contributed by atoms with Crippen molar-refractivity contribution in [1.29, 1.82) is 0 Å². The van der Waals surface area contributed by atoms with Crippen LogP contribution >= 0.6 is 11.6 Å². The highest BCUT2D eigenvalue weighted by molar-refractivity contribution is 6.30. The molecule has 3 heterocycles. The molecule has 2 aromatic heterocycles. The lowest BCUT2D eigenvalue weighted by Crippen LogP contribution is -2.47. The Hall–Kier alpha value is -2.86. The van der Waals surface area contributed by atoms with Gasteiger partial charge in [-0.15, -0.1) is 0 Å². The van der Waals surface area contributed by atoms with Crippen molar-refractivity contribution in [3.05, 3.63) is 65.1 Å². The van der Waals surface area contributed by atoms with Crippen molar-refractivity contribution >= 4 is 34.7 Å². The number of nitrogens with one attached hydrogen (secondary N) is 1. The van der Waals surface area contributed by atoms with Crippen LogP contribution in [-0.4, -0.2) is 41.1 Å². The molecule has 144 valence electrons. The molecule has 1 fully saturated rings. The van der Waals surface area contributed by atoms with Crippen LogP contribution in [0.15, 0.2) is 48.7 Å². The molecule has 0 bridgehead atoms. The Morgan fingerprint density at radius 3 is 2.36 bits per heavy atom. The van der Waals surface area contributed by atoms with Crippen LogP contribution in [0.1, 0.15) is 11.4 Å². The zero-order valence-corrected chi connectivity index (χ0v) is 16.8. The van der Waals surface area contributed by atoms with Gasteiger partial charge in [-0.25, -0.2) is 15.0 Å².